The zero-order chi connectivity index (χ0) is 18.1. The van der Waals surface area contributed by atoms with Crippen LogP contribution in [0.15, 0.2) is 12.2 Å². The molecule has 2 spiro atoms. The van der Waals surface area contributed by atoms with Crippen molar-refractivity contribution in [3.8, 4) is 0 Å². The molecule has 26 heavy (non-hydrogen) atoms. The van der Waals surface area contributed by atoms with Crippen LogP contribution in [0.5, 0.6) is 0 Å². The van der Waals surface area contributed by atoms with Gasteiger partial charge in [-0.15, -0.1) is 0 Å². The molecule has 6 fully saturated rings. The monoisotopic (exact) mass is 360 g/mol. The fraction of sp³-hybridized carbons (Fsp3) is 0.800. The van der Waals surface area contributed by atoms with E-state index in [0.717, 1.165) is 12.8 Å². The highest BCUT2D eigenvalue weighted by atomic mass is 16.7. The molecule has 140 valence electrons. The van der Waals surface area contributed by atoms with Crippen molar-refractivity contribution < 1.29 is 28.9 Å². The molecular weight excluding hydrogens is 336 g/mol. The van der Waals surface area contributed by atoms with Crippen LogP contribution in [0.1, 0.15) is 32.6 Å². The fourth-order valence-corrected chi connectivity index (χ4v) is 7.73. The van der Waals surface area contributed by atoms with Crippen molar-refractivity contribution in [3.05, 3.63) is 12.2 Å². The number of carbonyl (C=O) groups is 2. The van der Waals surface area contributed by atoms with Gasteiger partial charge in [0, 0.05) is 17.3 Å². The van der Waals surface area contributed by atoms with Crippen LogP contribution < -0.4 is 0 Å². The normalized spacial score (nSPS) is 59.7. The van der Waals surface area contributed by atoms with E-state index < -0.39 is 28.8 Å². The van der Waals surface area contributed by atoms with Crippen LogP contribution in [0.25, 0.3) is 0 Å². The minimum atomic E-state index is -1.28. The molecule has 2 unspecified atom stereocenters. The number of ether oxygens (including phenoxy) is 3. The fourth-order valence-electron chi connectivity index (χ4n) is 7.73. The molecule has 3 heterocycles. The average Bonchev–Trinajstić information content (AvgIpc) is 3.22. The molecule has 1 N–H and O–H groups in total. The van der Waals surface area contributed by atoms with Crippen LogP contribution in [-0.4, -0.2) is 48.6 Å². The van der Waals surface area contributed by atoms with Gasteiger partial charge in [0.05, 0.1) is 19.3 Å². The molecule has 3 saturated heterocycles. The number of Topliss-reactive ketones (excluding diaryl/α,β-unsaturated/α-hetero) is 1. The van der Waals surface area contributed by atoms with Crippen LogP contribution >= 0.6 is 0 Å². The summed E-state index contributed by atoms with van der Waals surface area (Å²) in [4.78, 5) is 26.4. The zero-order valence-electron chi connectivity index (χ0n) is 14.9. The second-order valence-electron chi connectivity index (χ2n) is 9.67. The minimum absolute atomic E-state index is 0.0385. The number of fused-ring (bicyclic) bond motifs is 1. The van der Waals surface area contributed by atoms with Crippen molar-refractivity contribution in [3.63, 3.8) is 0 Å². The zero-order valence-corrected chi connectivity index (χ0v) is 14.9. The summed E-state index contributed by atoms with van der Waals surface area (Å²) >= 11 is 0. The standard InChI is InChI=1S/C20H24O6/c1-9-10-5-11(21)13-19(6-10,15(9)22)17(23)26-12-3-4-18(2)7-24-16-14(18)20(12,13)8-25-16/h10-14,16,21H,1,3-8H2,2H3/t10-,11?,12+,13?,14-,16-,18+,19+,20+/m1/s1. The van der Waals surface area contributed by atoms with E-state index in [0.29, 0.717) is 31.6 Å². The molecule has 6 aliphatic rings. The van der Waals surface area contributed by atoms with Gasteiger partial charge in [-0.1, -0.05) is 13.5 Å². The first-order valence-corrected chi connectivity index (χ1v) is 9.70. The maximum absolute atomic E-state index is 13.2. The summed E-state index contributed by atoms with van der Waals surface area (Å²) in [5, 5.41) is 11.2. The van der Waals surface area contributed by atoms with E-state index in [2.05, 4.69) is 13.5 Å². The van der Waals surface area contributed by atoms with Crippen molar-refractivity contribution in [1.82, 2.24) is 0 Å². The lowest BCUT2D eigenvalue weighted by Crippen LogP contribution is -2.70. The van der Waals surface area contributed by atoms with Gasteiger partial charge in [-0.2, -0.15) is 0 Å². The molecule has 0 aromatic carbocycles. The number of aliphatic hydroxyl groups is 1. The van der Waals surface area contributed by atoms with E-state index in [1.54, 1.807) is 0 Å². The van der Waals surface area contributed by atoms with Crippen molar-refractivity contribution in [2.75, 3.05) is 13.2 Å². The number of esters is 1. The summed E-state index contributed by atoms with van der Waals surface area (Å²) < 4.78 is 18.0. The summed E-state index contributed by atoms with van der Waals surface area (Å²) in [5.41, 5.74) is -1.42. The van der Waals surface area contributed by atoms with Crippen molar-refractivity contribution in [2.45, 2.75) is 51.1 Å². The first-order valence-electron chi connectivity index (χ1n) is 9.70. The predicted molar refractivity (Wildman–Crippen MR) is 87.6 cm³/mol. The Balaban J connectivity index is 1.59. The molecule has 6 rings (SSSR count). The second kappa shape index (κ2) is 4.42. The molecular formula is C20H24O6. The van der Waals surface area contributed by atoms with Gasteiger partial charge >= 0.3 is 5.97 Å². The highest BCUT2D eigenvalue weighted by Gasteiger charge is 2.80. The Morgan fingerprint density at radius 3 is 2.77 bits per heavy atom. The smallest absolute Gasteiger partial charge is 0.320 e. The molecule has 2 bridgehead atoms. The van der Waals surface area contributed by atoms with Gasteiger partial charge in [-0.05, 0) is 42.6 Å². The number of carbonyl (C=O) groups excluding carboxylic acids is 2. The molecule has 3 saturated carbocycles. The molecule has 0 aromatic rings. The summed E-state index contributed by atoms with van der Waals surface area (Å²) in [6, 6.07) is 0. The van der Waals surface area contributed by atoms with Crippen LogP contribution in [0, 0.1) is 34.0 Å². The van der Waals surface area contributed by atoms with Gasteiger partial charge in [0.25, 0.3) is 0 Å². The number of hydrogen-bond donors (Lipinski definition) is 1. The lowest BCUT2D eigenvalue weighted by molar-refractivity contribution is -0.246. The predicted octanol–water partition coefficient (Wildman–Crippen LogP) is 1.21. The van der Waals surface area contributed by atoms with E-state index in [-0.39, 0.29) is 35.4 Å². The van der Waals surface area contributed by atoms with Crippen LogP contribution in [0.4, 0.5) is 0 Å². The summed E-state index contributed by atoms with van der Waals surface area (Å²) in [7, 11) is 0. The summed E-state index contributed by atoms with van der Waals surface area (Å²) in [5.74, 6) is -1.22. The number of ketones is 1. The summed E-state index contributed by atoms with van der Waals surface area (Å²) in [6.45, 7) is 7.15. The Morgan fingerprint density at radius 1 is 1.19 bits per heavy atom. The van der Waals surface area contributed by atoms with Gasteiger partial charge in [-0.25, -0.2) is 0 Å². The van der Waals surface area contributed by atoms with E-state index >= 15 is 0 Å². The third-order valence-electron chi connectivity index (χ3n) is 8.65. The Hall–Kier alpha value is -1.24. The lowest BCUT2D eigenvalue weighted by Gasteiger charge is -2.61. The largest absolute Gasteiger partial charge is 0.461 e. The van der Waals surface area contributed by atoms with Gasteiger partial charge < -0.3 is 19.3 Å². The molecule has 6 heteroatoms. The SMILES string of the molecule is C=C1C(=O)[C@]23C[C@H]1CC(O)C2[C@]12CO[C@H]4OC[C@](C)(CC[C@@H]1OC3=O)[C@@H]42. The molecule has 0 aromatic heterocycles. The number of hydrogen-bond acceptors (Lipinski definition) is 6. The summed E-state index contributed by atoms with van der Waals surface area (Å²) in [6.07, 6.45) is 1.18. The third kappa shape index (κ3) is 1.40. The lowest BCUT2D eigenvalue weighted by atomic mass is 9.44. The first-order chi connectivity index (χ1) is 12.3. The average molecular weight is 360 g/mol. The molecule has 3 aliphatic carbocycles. The van der Waals surface area contributed by atoms with E-state index in [1.165, 1.54) is 0 Å². The molecule has 0 radical (unpaired) electrons. The van der Waals surface area contributed by atoms with Crippen molar-refractivity contribution in [1.29, 1.82) is 0 Å². The molecule has 0 amide bonds. The molecule has 3 aliphatic heterocycles. The van der Waals surface area contributed by atoms with Gasteiger partial charge in [0.1, 0.15) is 11.5 Å². The number of allylic oxidation sites excluding steroid dienone is 1. The number of rotatable bonds is 0. The van der Waals surface area contributed by atoms with Crippen molar-refractivity contribution >= 4 is 11.8 Å². The van der Waals surface area contributed by atoms with Gasteiger partial charge in [0.15, 0.2) is 12.1 Å². The van der Waals surface area contributed by atoms with Gasteiger partial charge in [-0.3, -0.25) is 9.59 Å². The highest BCUT2D eigenvalue weighted by Crippen LogP contribution is 2.72. The Morgan fingerprint density at radius 2 is 1.96 bits per heavy atom. The first kappa shape index (κ1) is 15.8. The van der Waals surface area contributed by atoms with Crippen LogP contribution in [0.3, 0.4) is 0 Å². The Kier molecular flexibility index (Phi) is 2.68. The second-order valence-corrected chi connectivity index (χ2v) is 9.67. The Labute approximate surface area is 151 Å². The highest BCUT2D eigenvalue weighted by molar-refractivity contribution is 6.15. The van der Waals surface area contributed by atoms with Crippen molar-refractivity contribution in [2.24, 2.45) is 34.0 Å². The Bertz CT molecular complexity index is 761. The van der Waals surface area contributed by atoms with Crippen LogP contribution in [0.2, 0.25) is 0 Å². The van der Waals surface area contributed by atoms with Gasteiger partial charge in [0.2, 0.25) is 0 Å². The molecule has 9 atom stereocenters. The quantitative estimate of drug-likeness (QED) is 0.397. The van der Waals surface area contributed by atoms with E-state index in [4.69, 9.17) is 14.2 Å². The third-order valence-corrected chi connectivity index (χ3v) is 8.65. The van der Waals surface area contributed by atoms with E-state index in [9.17, 15) is 14.7 Å². The maximum Gasteiger partial charge on any atom is 0.320 e. The van der Waals surface area contributed by atoms with E-state index in [1.807, 2.05) is 0 Å². The van der Waals surface area contributed by atoms with Crippen LogP contribution in [-0.2, 0) is 23.8 Å². The topological polar surface area (TPSA) is 82.1 Å². The number of aliphatic hydroxyl groups excluding tert-OH is 1. The minimum Gasteiger partial charge on any atom is -0.461 e. The maximum atomic E-state index is 13.2. The molecule has 6 nitrogen and oxygen atoms in total.